The van der Waals surface area contributed by atoms with Gasteiger partial charge >= 0.3 is 0 Å². The summed E-state index contributed by atoms with van der Waals surface area (Å²) in [6.07, 6.45) is -21.6. The first kappa shape index (κ1) is 66.7. The Bertz CT molecular complexity index is 3010. The molecule has 6 aromatic rings. The molecule has 3 aliphatic rings. The van der Waals surface area contributed by atoms with Crippen LogP contribution in [0.4, 0.5) is 17.6 Å². The number of ether oxygens (including phenoxy) is 10. The highest BCUT2D eigenvalue weighted by atomic mass is 19.1. The first-order valence-corrected chi connectivity index (χ1v) is 27.6. The molecule has 19 nitrogen and oxygen atoms in total. The predicted molar refractivity (Wildman–Crippen MR) is 302 cm³/mol. The number of aliphatic hydroxyl groups is 9. The van der Waals surface area contributed by atoms with Gasteiger partial charge in [-0.3, -0.25) is 0 Å². The van der Waals surface area contributed by atoms with E-state index in [0.717, 1.165) is 40.0 Å². The lowest BCUT2D eigenvalue weighted by atomic mass is 10.00. The van der Waals surface area contributed by atoms with Gasteiger partial charge in [-0.2, -0.15) is 0 Å². The molecule has 9 rings (SSSR count). The maximum atomic E-state index is 14.0. The summed E-state index contributed by atoms with van der Waals surface area (Å²) < 4.78 is 110. The molecule has 15 atom stereocenters. The SMILES string of the molecule is CCc1ccc(Cc2cc(OC)ccc2OC2OC(CO)C(F)C(O)C2O)cc1.COc1ccc(Cc2cc(F)ccc2OC2OC(CO)C(F)C(O)C2O)cc1.COc1ccc(Cc2ccc(OC)cc2OC2OC(CO)C(F)C(O)C2O)cc1. The molecular weight excluding hydrogens is 1140 g/mol. The van der Waals surface area contributed by atoms with Crippen LogP contribution in [-0.4, -0.2) is 187 Å². The molecule has 9 N–H and O–H groups in total. The van der Waals surface area contributed by atoms with Gasteiger partial charge in [0.15, 0.2) is 18.5 Å². The Balaban J connectivity index is 0.000000185. The Morgan fingerprint density at radius 1 is 0.372 bits per heavy atom. The van der Waals surface area contributed by atoms with Crippen LogP contribution < -0.4 is 33.2 Å². The smallest absolute Gasteiger partial charge is 0.229 e. The third kappa shape index (κ3) is 17.0. The Morgan fingerprint density at radius 2 is 0.698 bits per heavy atom. The maximum Gasteiger partial charge on any atom is 0.229 e. The van der Waals surface area contributed by atoms with Crippen LogP contribution >= 0.6 is 0 Å². The van der Waals surface area contributed by atoms with Crippen molar-refractivity contribution in [1.29, 1.82) is 0 Å². The lowest BCUT2D eigenvalue weighted by Gasteiger charge is -2.38. The molecule has 3 saturated heterocycles. The van der Waals surface area contributed by atoms with Crippen molar-refractivity contribution in [2.45, 2.75) is 125 Å². The number of benzene rings is 6. The molecule has 3 heterocycles. The van der Waals surface area contributed by atoms with E-state index in [4.69, 9.17) is 47.4 Å². The molecule has 0 aromatic heterocycles. The second-order valence-corrected chi connectivity index (χ2v) is 20.4. The third-order valence-electron chi connectivity index (χ3n) is 14.6. The third-order valence-corrected chi connectivity index (χ3v) is 14.6. The zero-order chi connectivity index (χ0) is 62.2. The van der Waals surface area contributed by atoms with Crippen LogP contribution in [-0.2, 0) is 39.9 Å². The molecule has 3 fully saturated rings. The summed E-state index contributed by atoms with van der Waals surface area (Å²) in [5.41, 5.74) is 6.16. The zero-order valence-electron chi connectivity index (χ0n) is 47.9. The fourth-order valence-corrected chi connectivity index (χ4v) is 9.48. The molecule has 0 amide bonds. The van der Waals surface area contributed by atoms with Crippen molar-refractivity contribution < 1.29 is 111 Å². The maximum absolute atomic E-state index is 14.0. The van der Waals surface area contributed by atoms with Crippen LogP contribution in [0.15, 0.2) is 127 Å². The van der Waals surface area contributed by atoms with Crippen LogP contribution in [0.3, 0.4) is 0 Å². The molecule has 0 saturated carbocycles. The van der Waals surface area contributed by atoms with Crippen molar-refractivity contribution in [3.8, 4) is 40.2 Å². The van der Waals surface area contributed by atoms with Crippen LogP contribution in [0.25, 0.3) is 0 Å². The van der Waals surface area contributed by atoms with E-state index in [1.54, 1.807) is 57.7 Å². The summed E-state index contributed by atoms with van der Waals surface area (Å²) in [6.45, 7) is 0.118. The molecular formula is C63H74F4O19. The number of aryl methyl sites for hydroxylation is 1. The summed E-state index contributed by atoms with van der Waals surface area (Å²) in [5, 5.41) is 87.8. The van der Waals surface area contributed by atoms with Crippen LogP contribution in [0.1, 0.15) is 45.9 Å². The van der Waals surface area contributed by atoms with Crippen molar-refractivity contribution in [3.63, 3.8) is 0 Å². The second kappa shape index (κ2) is 31.7. The zero-order valence-corrected chi connectivity index (χ0v) is 47.9. The van der Waals surface area contributed by atoms with Crippen molar-refractivity contribution >= 4 is 0 Å². The Morgan fingerprint density at radius 3 is 1.09 bits per heavy atom. The number of hydrogen-bond donors (Lipinski definition) is 9. The average molecular weight is 1210 g/mol. The Kier molecular flexibility index (Phi) is 24.6. The average Bonchev–Trinajstić information content (AvgIpc) is 3.73. The van der Waals surface area contributed by atoms with E-state index >= 15 is 0 Å². The van der Waals surface area contributed by atoms with E-state index in [1.807, 2.05) is 60.7 Å². The highest BCUT2D eigenvalue weighted by molar-refractivity contribution is 5.46. The van der Waals surface area contributed by atoms with Crippen molar-refractivity contribution in [2.75, 3.05) is 48.3 Å². The quantitative estimate of drug-likeness (QED) is 0.0453. The van der Waals surface area contributed by atoms with E-state index in [0.29, 0.717) is 53.6 Å². The standard InChI is InChI=1S/C22H27FO6.C21H25FO7.C20H22F2O6/c1-3-13-4-6-14(7-5-13)10-15-11-16(27-2)8-9-17(15)28-22-21(26)20(25)19(23)18(12-24)29-22;1-26-14-6-3-12(4-7-14)9-13-5-8-15(27-2)10-16(13)28-21-20(25)19(24)18(22)17(11-23)29-21;1-26-14-5-2-11(3-6-14)8-12-9-13(21)4-7-15(12)27-20-19(25)18(24)17(22)16(10-23)28-20/h4-9,11,18-22,24-26H,3,10,12H2,1-2H3;3-8,10,17-21,23-25H,9,11H2,1-2H3;2-7,9,16-20,23-25H,8,10H2,1H3. The number of halogens is 4. The molecule has 6 aromatic carbocycles. The number of alkyl halides is 3. The van der Waals surface area contributed by atoms with Gasteiger partial charge in [-0.15, -0.1) is 0 Å². The van der Waals surface area contributed by atoms with Crippen molar-refractivity contribution in [2.24, 2.45) is 0 Å². The van der Waals surface area contributed by atoms with Gasteiger partial charge in [0, 0.05) is 36.5 Å². The summed E-state index contributed by atoms with van der Waals surface area (Å²) in [5.74, 6) is 3.08. The van der Waals surface area contributed by atoms with Crippen LogP contribution in [0.5, 0.6) is 40.2 Å². The normalized spacial score (nSPS) is 27.0. The topological polar surface area (TPSA) is 274 Å². The van der Waals surface area contributed by atoms with E-state index in [9.17, 15) is 63.5 Å². The minimum absolute atomic E-state index is 0.211. The van der Waals surface area contributed by atoms with Gasteiger partial charge in [0.1, 0.15) is 101 Å². The number of rotatable bonds is 20. The molecule has 468 valence electrons. The van der Waals surface area contributed by atoms with Crippen molar-refractivity contribution in [1.82, 2.24) is 0 Å². The number of aliphatic hydroxyl groups excluding tert-OH is 9. The van der Waals surface area contributed by atoms with Gasteiger partial charge in [-0.25, -0.2) is 17.6 Å². The molecule has 86 heavy (non-hydrogen) atoms. The monoisotopic (exact) mass is 1210 g/mol. The number of methoxy groups -OCH3 is 4. The second-order valence-electron chi connectivity index (χ2n) is 20.4. The summed E-state index contributed by atoms with van der Waals surface area (Å²) >= 11 is 0. The Hall–Kier alpha value is -6.84. The lowest BCUT2D eigenvalue weighted by molar-refractivity contribution is -0.265. The molecule has 0 aliphatic carbocycles. The van der Waals surface area contributed by atoms with E-state index in [1.165, 1.54) is 30.9 Å². The molecule has 15 unspecified atom stereocenters. The minimum Gasteiger partial charge on any atom is -0.497 e. The van der Waals surface area contributed by atoms with Gasteiger partial charge in [0.2, 0.25) is 18.9 Å². The fraction of sp³-hybridized carbons (Fsp3) is 0.429. The highest BCUT2D eigenvalue weighted by Crippen LogP contribution is 2.35. The van der Waals surface area contributed by atoms with Gasteiger partial charge in [0.25, 0.3) is 0 Å². The van der Waals surface area contributed by atoms with Crippen LogP contribution in [0, 0.1) is 5.82 Å². The highest BCUT2D eigenvalue weighted by Gasteiger charge is 2.48. The minimum atomic E-state index is -1.95. The largest absolute Gasteiger partial charge is 0.497 e. The Labute approximate surface area is 495 Å². The van der Waals surface area contributed by atoms with Gasteiger partial charge in [0.05, 0.1) is 48.3 Å². The van der Waals surface area contributed by atoms with E-state index in [2.05, 4.69) is 19.1 Å². The first-order valence-electron chi connectivity index (χ1n) is 27.6. The predicted octanol–water partition coefficient (Wildman–Crippen LogP) is 5.04. The molecule has 0 radical (unpaired) electrons. The van der Waals surface area contributed by atoms with Crippen molar-refractivity contribution in [3.05, 3.63) is 172 Å². The van der Waals surface area contributed by atoms with Crippen LogP contribution in [0.2, 0.25) is 0 Å². The number of hydrogen-bond acceptors (Lipinski definition) is 19. The van der Waals surface area contributed by atoms with Gasteiger partial charge in [-0.05, 0) is 101 Å². The lowest BCUT2D eigenvalue weighted by Crippen LogP contribution is -2.58. The molecule has 3 aliphatic heterocycles. The van der Waals surface area contributed by atoms with E-state index < -0.39 is 118 Å². The molecule has 0 bridgehead atoms. The van der Waals surface area contributed by atoms with E-state index in [-0.39, 0.29) is 5.75 Å². The summed E-state index contributed by atoms with van der Waals surface area (Å²) in [6, 6.07) is 37.1. The molecule has 23 heteroatoms. The summed E-state index contributed by atoms with van der Waals surface area (Å²) in [7, 11) is 6.22. The first-order chi connectivity index (χ1) is 41.3. The van der Waals surface area contributed by atoms with Gasteiger partial charge < -0.3 is 93.3 Å². The summed E-state index contributed by atoms with van der Waals surface area (Å²) in [4.78, 5) is 0. The van der Waals surface area contributed by atoms with Gasteiger partial charge in [-0.1, -0.05) is 61.5 Å². The molecule has 0 spiro atoms. The fourth-order valence-electron chi connectivity index (χ4n) is 9.48.